The number of nitrogens with one attached hydrogen (secondary N) is 1. The first-order valence-corrected chi connectivity index (χ1v) is 7.50. The van der Waals surface area contributed by atoms with Crippen LogP contribution in [0.1, 0.15) is 11.7 Å². The summed E-state index contributed by atoms with van der Waals surface area (Å²) in [6.45, 7) is 2.36. The predicted octanol–water partition coefficient (Wildman–Crippen LogP) is 3.45. The van der Waals surface area contributed by atoms with Crippen molar-refractivity contribution in [3.63, 3.8) is 0 Å². The van der Waals surface area contributed by atoms with Gasteiger partial charge in [-0.1, -0.05) is 41.9 Å². The van der Waals surface area contributed by atoms with Crippen LogP contribution in [-0.2, 0) is 4.74 Å². The third-order valence-corrected chi connectivity index (χ3v) is 3.75. The minimum Gasteiger partial charge on any atom is -0.483 e. The summed E-state index contributed by atoms with van der Waals surface area (Å²) in [4.78, 5) is 0. The number of halogens is 1. The predicted molar refractivity (Wildman–Crippen MR) is 83.9 cm³/mol. The number of ether oxygens (including phenoxy) is 2. The zero-order valence-corrected chi connectivity index (χ0v) is 12.4. The minimum absolute atomic E-state index is 0.0138. The van der Waals surface area contributed by atoms with Crippen LogP contribution in [0, 0.1) is 0 Å². The first-order chi connectivity index (χ1) is 10.3. The lowest BCUT2D eigenvalue weighted by molar-refractivity contribution is -0.0432. The van der Waals surface area contributed by atoms with Gasteiger partial charge in [0.2, 0.25) is 0 Å². The summed E-state index contributed by atoms with van der Waals surface area (Å²) in [5.41, 5.74) is 1.07. The molecule has 1 aliphatic rings. The fourth-order valence-corrected chi connectivity index (χ4v) is 2.56. The van der Waals surface area contributed by atoms with Gasteiger partial charge >= 0.3 is 0 Å². The number of morpholine rings is 1. The molecular weight excluding hydrogens is 286 g/mol. The largest absolute Gasteiger partial charge is 0.483 e. The molecule has 0 bridgehead atoms. The van der Waals surface area contributed by atoms with E-state index in [-0.39, 0.29) is 12.2 Å². The zero-order valence-electron chi connectivity index (χ0n) is 11.7. The van der Waals surface area contributed by atoms with Gasteiger partial charge in [0.15, 0.2) is 6.10 Å². The van der Waals surface area contributed by atoms with Gasteiger partial charge in [-0.3, -0.25) is 0 Å². The lowest BCUT2D eigenvalue weighted by atomic mass is 10.0. The first-order valence-electron chi connectivity index (χ1n) is 7.12. The normalized spacial score (nSPS) is 20.0. The van der Waals surface area contributed by atoms with E-state index in [1.807, 2.05) is 54.6 Å². The van der Waals surface area contributed by atoms with Gasteiger partial charge in [0.25, 0.3) is 0 Å². The van der Waals surface area contributed by atoms with Gasteiger partial charge in [-0.15, -0.1) is 0 Å². The molecule has 1 aliphatic heterocycles. The molecule has 2 aromatic rings. The highest BCUT2D eigenvalue weighted by molar-refractivity contribution is 6.30. The quantitative estimate of drug-likeness (QED) is 0.938. The van der Waals surface area contributed by atoms with Crippen molar-refractivity contribution in [1.82, 2.24) is 5.32 Å². The fourth-order valence-electron chi connectivity index (χ4n) is 2.44. The van der Waals surface area contributed by atoms with E-state index in [4.69, 9.17) is 21.1 Å². The van der Waals surface area contributed by atoms with Crippen molar-refractivity contribution >= 4 is 11.6 Å². The Kier molecular flexibility index (Phi) is 4.76. The van der Waals surface area contributed by atoms with Gasteiger partial charge in [0, 0.05) is 18.1 Å². The van der Waals surface area contributed by atoms with Gasteiger partial charge in [0.05, 0.1) is 6.61 Å². The smallest absolute Gasteiger partial charge is 0.151 e. The van der Waals surface area contributed by atoms with Crippen molar-refractivity contribution < 1.29 is 9.47 Å². The Balaban J connectivity index is 1.84. The van der Waals surface area contributed by atoms with Crippen molar-refractivity contribution in [3.8, 4) is 5.75 Å². The molecule has 0 aromatic heterocycles. The summed E-state index contributed by atoms with van der Waals surface area (Å²) in [7, 11) is 0. The molecule has 2 aromatic carbocycles. The van der Waals surface area contributed by atoms with Crippen LogP contribution >= 0.6 is 11.6 Å². The van der Waals surface area contributed by atoms with E-state index in [1.54, 1.807) is 0 Å². The van der Waals surface area contributed by atoms with Crippen LogP contribution in [0.4, 0.5) is 0 Å². The molecule has 1 heterocycles. The molecule has 0 aliphatic carbocycles. The van der Waals surface area contributed by atoms with E-state index in [0.717, 1.165) is 29.4 Å². The van der Waals surface area contributed by atoms with Crippen molar-refractivity contribution in [1.29, 1.82) is 0 Å². The van der Waals surface area contributed by atoms with Crippen LogP contribution in [0.25, 0.3) is 0 Å². The Hall–Kier alpha value is -1.55. The van der Waals surface area contributed by atoms with Crippen molar-refractivity contribution in [2.24, 2.45) is 0 Å². The highest BCUT2D eigenvalue weighted by Crippen LogP contribution is 2.28. The third kappa shape index (κ3) is 3.76. The molecule has 3 nitrogen and oxygen atoms in total. The molecule has 2 atom stereocenters. The monoisotopic (exact) mass is 303 g/mol. The number of hydrogen-bond acceptors (Lipinski definition) is 3. The standard InChI is InChI=1S/C17H18ClNO2/c18-14-8-6-13(7-9-14)17(16-12-19-10-11-20-16)21-15-4-2-1-3-5-15/h1-9,16-17,19H,10-12H2. The van der Waals surface area contributed by atoms with Crippen molar-refractivity contribution in [2.45, 2.75) is 12.2 Å². The van der Waals surface area contributed by atoms with E-state index < -0.39 is 0 Å². The maximum atomic E-state index is 6.17. The minimum atomic E-state index is -0.155. The molecule has 3 rings (SSSR count). The Morgan fingerprint density at radius 2 is 1.86 bits per heavy atom. The first kappa shape index (κ1) is 14.4. The third-order valence-electron chi connectivity index (χ3n) is 3.50. The Bertz CT molecular complexity index is 553. The highest BCUT2D eigenvalue weighted by atomic mass is 35.5. The Morgan fingerprint density at radius 3 is 2.52 bits per heavy atom. The maximum absolute atomic E-state index is 6.17. The average molecular weight is 304 g/mol. The van der Waals surface area contributed by atoms with Gasteiger partial charge < -0.3 is 14.8 Å². The van der Waals surface area contributed by atoms with Crippen LogP contribution in [-0.4, -0.2) is 25.8 Å². The second-order valence-corrected chi connectivity index (χ2v) is 5.45. The van der Waals surface area contributed by atoms with Gasteiger partial charge in [-0.25, -0.2) is 0 Å². The van der Waals surface area contributed by atoms with E-state index in [0.29, 0.717) is 6.61 Å². The van der Waals surface area contributed by atoms with Crippen LogP contribution in [0.3, 0.4) is 0 Å². The van der Waals surface area contributed by atoms with Crippen molar-refractivity contribution in [2.75, 3.05) is 19.7 Å². The van der Waals surface area contributed by atoms with Gasteiger partial charge in [-0.2, -0.15) is 0 Å². The van der Waals surface area contributed by atoms with Crippen molar-refractivity contribution in [3.05, 3.63) is 65.2 Å². The molecule has 21 heavy (non-hydrogen) atoms. The number of para-hydroxylation sites is 1. The highest BCUT2D eigenvalue weighted by Gasteiger charge is 2.27. The Morgan fingerprint density at radius 1 is 1.10 bits per heavy atom. The molecule has 0 amide bonds. The van der Waals surface area contributed by atoms with Gasteiger partial charge in [-0.05, 0) is 29.8 Å². The SMILES string of the molecule is Clc1ccc(C(Oc2ccccc2)C2CNCCO2)cc1. The molecule has 2 unspecified atom stereocenters. The van der Waals surface area contributed by atoms with Crippen LogP contribution < -0.4 is 10.1 Å². The average Bonchev–Trinajstić information content (AvgIpc) is 2.55. The number of benzene rings is 2. The Labute approximate surface area is 129 Å². The van der Waals surface area contributed by atoms with Crippen LogP contribution in [0.2, 0.25) is 5.02 Å². The topological polar surface area (TPSA) is 30.5 Å². The van der Waals surface area contributed by atoms with E-state index in [1.165, 1.54) is 0 Å². The summed E-state index contributed by atoms with van der Waals surface area (Å²) in [5, 5.41) is 4.07. The molecule has 4 heteroatoms. The molecule has 1 saturated heterocycles. The summed E-state index contributed by atoms with van der Waals surface area (Å²) in [6, 6.07) is 17.6. The maximum Gasteiger partial charge on any atom is 0.151 e. The molecule has 1 fully saturated rings. The zero-order chi connectivity index (χ0) is 14.5. The van der Waals surface area contributed by atoms with Gasteiger partial charge in [0.1, 0.15) is 11.9 Å². The molecule has 0 saturated carbocycles. The molecule has 1 N–H and O–H groups in total. The lowest BCUT2D eigenvalue weighted by Gasteiger charge is -2.31. The van der Waals surface area contributed by atoms with E-state index >= 15 is 0 Å². The summed E-state index contributed by atoms with van der Waals surface area (Å²) >= 11 is 5.98. The number of hydrogen-bond donors (Lipinski definition) is 1. The molecule has 0 spiro atoms. The fraction of sp³-hybridized carbons (Fsp3) is 0.294. The molecule has 0 radical (unpaired) electrons. The van der Waals surface area contributed by atoms with Crippen LogP contribution in [0.15, 0.2) is 54.6 Å². The second-order valence-electron chi connectivity index (χ2n) is 5.02. The number of rotatable bonds is 4. The summed E-state index contributed by atoms with van der Waals surface area (Å²) in [6.07, 6.45) is -0.169. The summed E-state index contributed by atoms with van der Waals surface area (Å²) in [5.74, 6) is 0.839. The van der Waals surface area contributed by atoms with E-state index in [2.05, 4.69) is 5.32 Å². The lowest BCUT2D eigenvalue weighted by Crippen LogP contribution is -2.43. The van der Waals surface area contributed by atoms with Crippen LogP contribution in [0.5, 0.6) is 5.75 Å². The summed E-state index contributed by atoms with van der Waals surface area (Å²) < 4.78 is 12.0. The molecular formula is C17H18ClNO2. The second kappa shape index (κ2) is 6.94. The van der Waals surface area contributed by atoms with E-state index in [9.17, 15) is 0 Å². The molecule has 110 valence electrons.